The summed E-state index contributed by atoms with van der Waals surface area (Å²) in [6.07, 6.45) is 1.44. The highest BCUT2D eigenvalue weighted by molar-refractivity contribution is 6.33. The lowest BCUT2D eigenvalue weighted by molar-refractivity contribution is -0.137. The van der Waals surface area contributed by atoms with Crippen LogP contribution in [0.25, 0.3) is 11.2 Å². The van der Waals surface area contributed by atoms with Gasteiger partial charge in [0, 0.05) is 37.9 Å². The number of benzene rings is 1. The highest BCUT2D eigenvalue weighted by Crippen LogP contribution is 2.40. The lowest BCUT2D eigenvalue weighted by Gasteiger charge is -2.54. The second-order valence-corrected chi connectivity index (χ2v) is 13.8. The number of aryl methyl sites for hydroxylation is 1. The number of halogens is 4. The van der Waals surface area contributed by atoms with Crippen LogP contribution in [0.5, 0.6) is 5.75 Å². The molecule has 0 spiro atoms. The lowest BCUT2D eigenvalue weighted by Crippen LogP contribution is -2.67. The first-order valence-corrected chi connectivity index (χ1v) is 17.4. The molecule has 2 amide bonds. The zero-order chi connectivity index (χ0) is 37.1. The molecule has 52 heavy (non-hydrogen) atoms. The van der Waals surface area contributed by atoms with Gasteiger partial charge in [-0.25, -0.2) is 19.9 Å². The number of methoxy groups -OCH3 is 1. The van der Waals surface area contributed by atoms with E-state index < -0.39 is 23.6 Å². The third-order valence-corrected chi connectivity index (χ3v) is 10.8. The lowest BCUT2D eigenvalue weighted by atomic mass is 9.80. The zero-order valence-electron chi connectivity index (χ0n) is 28.6. The van der Waals surface area contributed by atoms with Crippen LogP contribution in [-0.4, -0.2) is 84.7 Å². The van der Waals surface area contributed by atoms with E-state index in [1.54, 1.807) is 29.7 Å². The fourth-order valence-electron chi connectivity index (χ4n) is 7.42. The van der Waals surface area contributed by atoms with Crippen LogP contribution in [0.4, 0.5) is 24.5 Å². The molecule has 17 heteroatoms. The minimum absolute atomic E-state index is 0.00245. The molecule has 13 nitrogen and oxygen atoms in total. The number of hydrogen-bond acceptors (Lipinski definition) is 10. The summed E-state index contributed by atoms with van der Waals surface area (Å²) in [5.74, 6) is -1.25. The maximum absolute atomic E-state index is 14.6. The molecule has 0 bridgehead atoms. The Bertz CT molecular complexity index is 2140. The molecule has 1 aliphatic heterocycles. The van der Waals surface area contributed by atoms with E-state index in [2.05, 4.69) is 20.3 Å². The van der Waals surface area contributed by atoms with Gasteiger partial charge in [-0.1, -0.05) is 18.5 Å². The smallest absolute Gasteiger partial charge is 0.416 e. The van der Waals surface area contributed by atoms with Gasteiger partial charge in [0.2, 0.25) is 11.3 Å². The Morgan fingerprint density at radius 2 is 1.87 bits per heavy atom. The SMILES string of the molecule is CCc1c(N2CCN(C(=O)c3ncnc(C)c3O)[C@H]3CC[C@@H]32)c(=O)c2nc(C3CC(OC)C3)cnc2n1CC(=O)Nc1ccc(C(F)(F)F)cc1Cl. The van der Waals surface area contributed by atoms with Crippen LogP contribution in [0, 0.1) is 6.92 Å². The molecule has 1 aromatic carbocycles. The molecule has 1 saturated heterocycles. The summed E-state index contributed by atoms with van der Waals surface area (Å²) in [5, 5.41) is 12.9. The summed E-state index contributed by atoms with van der Waals surface area (Å²) in [6.45, 7) is 3.62. The Labute approximate surface area is 300 Å². The fourth-order valence-corrected chi connectivity index (χ4v) is 7.65. The van der Waals surface area contributed by atoms with E-state index in [1.165, 1.54) is 6.33 Å². The minimum Gasteiger partial charge on any atom is -0.504 e. The summed E-state index contributed by atoms with van der Waals surface area (Å²) in [5.41, 5.74) is 0.697. The summed E-state index contributed by atoms with van der Waals surface area (Å²) < 4.78 is 46.8. The molecule has 3 aliphatic rings. The molecule has 2 atom stereocenters. The maximum atomic E-state index is 14.6. The predicted octanol–water partition coefficient (Wildman–Crippen LogP) is 4.85. The monoisotopic (exact) mass is 740 g/mol. The average molecular weight is 741 g/mol. The molecule has 3 aromatic heterocycles. The van der Waals surface area contributed by atoms with Crippen molar-refractivity contribution < 1.29 is 32.6 Å². The summed E-state index contributed by atoms with van der Waals surface area (Å²) in [7, 11) is 1.64. The fraction of sp³-hybridized carbons (Fsp3) is 0.457. The van der Waals surface area contributed by atoms with Gasteiger partial charge in [-0.3, -0.25) is 14.4 Å². The van der Waals surface area contributed by atoms with Crippen LogP contribution < -0.4 is 15.6 Å². The highest BCUT2D eigenvalue weighted by atomic mass is 35.5. The number of nitrogens with one attached hydrogen (secondary N) is 1. The van der Waals surface area contributed by atoms with Crippen molar-refractivity contribution in [2.45, 2.75) is 82.8 Å². The summed E-state index contributed by atoms with van der Waals surface area (Å²) in [4.78, 5) is 62.9. The van der Waals surface area contributed by atoms with Gasteiger partial charge in [0.25, 0.3) is 5.91 Å². The normalized spacial score (nSPS) is 21.4. The largest absolute Gasteiger partial charge is 0.504 e. The van der Waals surface area contributed by atoms with Crippen LogP contribution in [0.1, 0.15) is 71.7 Å². The number of alkyl halides is 3. The Hall–Kier alpha value is -4.83. The average Bonchev–Trinajstić information content (AvgIpc) is 3.07. The van der Waals surface area contributed by atoms with Crippen LogP contribution in [0.3, 0.4) is 0 Å². The van der Waals surface area contributed by atoms with Gasteiger partial charge in [-0.15, -0.1) is 0 Å². The van der Waals surface area contributed by atoms with Gasteiger partial charge in [-0.05, 0) is 57.2 Å². The van der Waals surface area contributed by atoms with Crippen LogP contribution >= 0.6 is 11.6 Å². The van der Waals surface area contributed by atoms with E-state index in [-0.39, 0.29) is 88.2 Å². The highest BCUT2D eigenvalue weighted by Gasteiger charge is 2.47. The Morgan fingerprint density at radius 1 is 1.12 bits per heavy atom. The number of rotatable bonds is 8. The molecule has 2 aliphatic carbocycles. The van der Waals surface area contributed by atoms with Crippen LogP contribution in [0.15, 0.2) is 35.5 Å². The Balaban J connectivity index is 1.26. The van der Waals surface area contributed by atoms with E-state index in [4.69, 9.17) is 21.3 Å². The molecule has 0 unspecified atom stereocenters. The molecule has 4 aromatic rings. The van der Waals surface area contributed by atoms with Gasteiger partial charge in [0.15, 0.2) is 22.6 Å². The first-order chi connectivity index (χ1) is 24.8. The van der Waals surface area contributed by atoms with Gasteiger partial charge in [-0.2, -0.15) is 13.2 Å². The first kappa shape index (κ1) is 35.6. The number of aromatic hydroxyl groups is 1. The van der Waals surface area contributed by atoms with Gasteiger partial charge in [0.05, 0.1) is 46.0 Å². The van der Waals surface area contributed by atoms with E-state index in [0.717, 1.165) is 31.0 Å². The number of carbonyl (C=O) groups excluding carboxylic acids is 2. The number of anilines is 2. The van der Waals surface area contributed by atoms with Crippen molar-refractivity contribution in [3.8, 4) is 5.75 Å². The van der Waals surface area contributed by atoms with Gasteiger partial charge < -0.3 is 29.5 Å². The number of fused-ring (bicyclic) bond motifs is 2. The number of amides is 2. The molecular formula is C35H36ClF3N8O5. The number of hydrogen-bond donors (Lipinski definition) is 2. The summed E-state index contributed by atoms with van der Waals surface area (Å²) in [6, 6.07) is 2.16. The number of pyridine rings is 1. The van der Waals surface area contributed by atoms with Crippen molar-refractivity contribution in [1.82, 2.24) is 29.4 Å². The third kappa shape index (κ3) is 6.21. The molecule has 3 fully saturated rings. The van der Waals surface area contributed by atoms with E-state index in [9.17, 15) is 32.7 Å². The van der Waals surface area contributed by atoms with Crippen LogP contribution in [0.2, 0.25) is 5.02 Å². The quantitative estimate of drug-likeness (QED) is 0.256. The van der Waals surface area contributed by atoms with Crippen LogP contribution in [-0.2, 0) is 28.7 Å². The second-order valence-electron chi connectivity index (χ2n) is 13.4. The molecule has 7 rings (SSSR count). The number of piperazine rings is 1. The minimum atomic E-state index is -4.61. The van der Waals surface area contributed by atoms with Crippen molar-refractivity contribution in [2.75, 3.05) is 30.4 Å². The van der Waals surface area contributed by atoms with E-state index in [1.807, 2.05) is 11.8 Å². The zero-order valence-corrected chi connectivity index (χ0v) is 29.3. The maximum Gasteiger partial charge on any atom is 0.416 e. The Kier molecular flexibility index (Phi) is 9.31. The number of aromatic nitrogens is 5. The molecule has 2 N–H and O–H groups in total. The summed E-state index contributed by atoms with van der Waals surface area (Å²) >= 11 is 6.15. The molecule has 0 radical (unpaired) electrons. The molecule has 4 heterocycles. The Morgan fingerprint density at radius 3 is 2.52 bits per heavy atom. The number of nitrogens with zero attached hydrogens (tertiary/aromatic N) is 7. The number of carbonyl (C=O) groups is 2. The van der Waals surface area contributed by atoms with Crippen molar-refractivity contribution in [1.29, 1.82) is 0 Å². The van der Waals surface area contributed by atoms with E-state index >= 15 is 0 Å². The van der Waals surface area contributed by atoms with Gasteiger partial charge in [0.1, 0.15) is 18.6 Å². The number of ether oxygens (including phenoxy) is 1. The van der Waals surface area contributed by atoms with E-state index in [0.29, 0.717) is 36.3 Å². The predicted molar refractivity (Wildman–Crippen MR) is 185 cm³/mol. The second kappa shape index (κ2) is 13.6. The van der Waals surface area contributed by atoms with Gasteiger partial charge >= 0.3 is 6.18 Å². The van der Waals surface area contributed by atoms with Crippen molar-refractivity contribution in [2.24, 2.45) is 0 Å². The third-order valence-electron chi connectivity index (χ3n) is 10.5. The molecule has 2 saturated carbocycles. The molecule has 274 valence electrons. The molecular weight excluding hydrogens is 705 g/mol. The van der Waals surface area contributed by atoms with Crippen molar-refractivity contribution in [3.05, 3.63) is 74.3 Å². The first-order valence-electron chi connectivity index (χ1n) is 17.0. The van der Waals surface area contributed by atoms with Crippen molar-refractivity contribution in [3.63, 3.8) is 0 Å². The standard InChI is InChI=1S/C35H36ClF3N8O5/c1-4-24-30(45-9-10-46(26-8-7-25(26)45)34(51)29-31(49)17(2)41-16-42-29)32(50)28-33(40-14-23(44-28)18-11-20(12-18)52-3)47(24)15-27(48)43-22-6-5-19(13-21(22)36)35(37,38)39/h5-6,13-14,16,18,20,25-26,49H,4,7-12,15H2,1-3H3,(H,43,48)/t18?,20?,25-,26-/m0/s1. The topological polar surface area (TPSA) is 156 Å². The van der Waals surface area contributed by atoms with Crippen molar-refractivity contribution >= 4 is 46.0 Å².